The second kappa shape index (κ2) is 3.19. The number of carbonyl (C=O) groups is 1. The molecule has 0 saturated heterocycles. The Morgan fingerprint density at radius 3 is 2.36 bits per heavy atom. The molecule has 1 N–H and O–H groups in total. The maximum atomic E-state index is 11.2. The molecule has 0 radical (unpaired) electrons. The summed E-state index contributed by atoms with van der Waals surface area (Å²) < 4.78 is 5.10. The molecular formula is C7H13NO3. The van der Waals surface area contributed by atoms with E-state index in [9.17, 15) is 4.79 Å². The van der Waals surface area contributed by atoms with Crippen LogP contribution in [-0.4, -0.2) is 25.7 Å². The standard InChI is InChI=1S/C7H13NO3/c1-10-7(4-3-5-7)6(9)8-11-2/h3-5H2,1-2H3,(H,8,9). The smallest absolute Gasteiger partial charge is 0.275 e. The van der Waals surface area contributed by atoms with E-state index in [0.717, 1.165) is 19.3 Å². The van der Waals surface area contributed by atoms with Crippen LogP contribution in [0.3, 0.4) is 0 Å². The van der Waals surface area contributed by atoms with E-state index in [-0.39, 0.29) is 5.91 Å². The van der Waals surface area contributed by atoms with Gasteiger partial charge < -0.3 is 4.74 Å². The van der Waals surface area contributed by atoms with Gasteiger partial charge >= 0.3 is 0 Å². The van der Waals surface area contributed by atoms with Gasteiger partial charge in [0.2, 0.25) is 0 Å². The van der Waals surface area contributed by atoms with Crippen molar-refractivity contribution >= 4 is 5.91 Å². The van der Waals surface area contributed by atoms with Crippen LogP contribution in [0.2, 0.25) is 0 Å². The molecular weight excluding hydrogens is 146 g/mol. The predicted molar refractivity (Wildman–Crippen MR) is 38.7 cm³/mol. The van der Waals surface area contributed by atoms with Crippen molar-refractivity contribution < 1.29 is 14.4 Å². The molecule has 1 aliphatic carbocycles. The number of amides is 1. The van der Waals surface area contributed by atoms with Gasteiger partial charge in [-0.15, -0.1) is 0 Å². The molecule has 0 unspecified atom stereocenters. The predicted octanol–water partition coefficient (Wildman–Crippen LogP) is 0.233. The third-order valence-electron chi connectivity index (χ3n) is 2.16. The summed E-state index contributed by atoms with van der Waals surface area (Å²) in [5.74, 6) is -0.172. The molecule has 0 aliphatic heterocycles. The average Bonchev–Trinajstić information content (AvgIpc) is 1.87. The molecule has 0 bridgehead atoms. The number of ether oxygens (including phenoxy) is 1. The van der Waals surface area contributed by atoms with E-state index in [1.165, 1.54) is 7.11 Å². The van der Waals surface area contributed by atoms with Gasteiger partial charge in [-0.1, -0.05) is 0 Å². The van der Waals surface area contributed by atoms with E-state index >= 15 is 0 Å². The Kier molecular flexibility index (Phi) is 2.46. The van der Waals surface area contributed by atoms with Crippen molar-refractivity contribution in [3.63, 3.8) is 0 Å². The molecule has 0 heterocycles. The van der Waals surface area contributed by atoms with Crippen LogP contribution in [0.25, 0.3) is 0 Å². The summed E-state index contributed by atoms with van der Waals surface area (Å²) in [6.07, 6.45) is 2.63. The van der Waals surface area contributed by atoms with Crippen molar-refractivity contribution in [2.75, 3.05) is 14.2 Å². The SMILES string of the molecule is CONC(=O)C1(OC)CCC1. The summed E-state index contributed by atoms with van der Waals surface area (Å²) in [6.45, 7) is 0. The molecule has 11 heavy (non-hydrogen) atoms. The fraction of sp³-hybridized carbons (Fsp3) is 0.857. The Morgan fingerprint density at radius 2 is 2.09 bits per heavy atom. The van der Waals surface area contributed by atoms with Crippen molar-refractivity contribution in [1.82, 2.24) is 5.48 Å². The fourth-order valence-corrected chi connectivity index (χ4v) is 1.21. The first kappa shape index (κ1) is 8.49. The van der Waals surface area contributed by atoms with Gasteiger partial charge in [0.15, 0.2) is 0 Å². The van der Waals surface area contributed by atoms with E-state index in [1.807, 2.05) is 0 Å². The van der Waals surface area contributed by atoms with Crippen molar-refractivity contribution in [2.45, 2.75) is 24.9 Å². The molecule has 1 amide bonds. The van der Waals surface area contributed by atoms with Crippen LogP contribution in [-0.2, 0) is 14.4 Å². The highest BCUT2D eigenvalue weighted by Gasteiger charge is 2.44. The van der Waals surface area contributed by atoms with E-state index in [2.05, 4.69) is 10.3 Å². The highest BCUT2D eigenvalue weighted by atomic mass is 16.6. The van der Waals surface area contributed by atoms with Crippen LogP contribution in [0.5, 0.6) is 0 Å². The zero-order valence-electron chi connectivity index (χ0n) is 6.85. The molecule has 1 aliphatic rings. The van der Waals surface area contributed by atoms with Gasteiger partial charge in [0.25, 0.3) is 5.91 Å². The van der Waals surface area contributed by atoms with Crippen LogP contribution in [0.1, 0.15) is 19.3 Å². The maximum absolute atomic E-state index is 11.2. The lowest BCUT2D eigenvalue weighted by molar-refractivity contribution is -0.165. The molecule has 1 saturated carbocycles. The number of hydrogen-bond acceptors (Lipinski definition) is 3. The molecule has 64 valence electrons. The molecule has 0 spiro atoms. The zero-order chi connectivity index (χ0) is 8.32. The van der Waals surface area contributed by atoms with Gasteiger partial charge in [0, 0.05) is 7.11 Å². The molecule has 0 aromatic heterocycles. The molecule has 1 rings (SSSR count). The van der Waals surface area contributed by atoms with Gasteiger partial charge in [-0.2, -0.15) is 0 Å². The number of carbonyl (C=O) groups excluding carboxylic acids is 1. The van der Waals surface area contributed by atoms with Crippen LogP contribution < -0.4 is 5.48 Å². The van der Waals surface area contributed by atoms with E-state index in [0.29, 0.717) is 0 Å². The Balaban J connectivity index is 2.47. The van der Waals surface area contributed by atoms with Crippen LogP contribution in [0.4, 0.5) is 0 Å². The number of hydrogen-bond donors (Lipinski definition) is 1. The maximum Gasteiger partial charge on any atom is 0.275 e. The van der Waals surface area contributed by atoms with Crippen LogP contribution >= 0.6 is 0 Å². The summed E-state index contributed by atoms with van der Waals surface area (Å²) >= 11 is 0. The zero-order valence-corrected chi connectivity index (χ0v) is 6.85. The minimum absolute atomic E-state index is 0.172. The third kappa shape index (κ3) is 1.36. The summed E-state index contributed by atoms with van der Waals surface area (Å²) in [5, 5.41) is 0. The average molecular weight is 159 g/mol. The lowest BCUT2D eigenvalue weighted by Crippen LogP contribution is -2.52. The Hall–Kier alpha value is -0.610. The Bertz CT molecular complexity index is 148. The lowest BCUT2D eigenvalue weighted by Gasteiger charge is -2.37. The molecule has 0 aromatic rings. The third-order valence-corrected chi connectivity index (χ3v) is 2.16. The summed E-state index contributed by atoms with van der Waals surface area (Å²) in [7, 11) is 2.97. The highest BCUT2D eigenvalue weighted by Crippen LogP contribution is 2.34. The summed E-state index contributed by atoms with van der Waals surface area (Å²) in [6, 6.07) is 0. The van der Waals surface area contributed by atoms with Gasteiger partial charge in [-0.3, -0.25) is 9.63 Å². The van der Waals surface area contributed by atoms with Crippen LogP contribution in [0, 0.1) is 0 Å². The van der Waals surface area contributed by atoms with Crippen molar-refractivity contribution in [1.29, 1.82) is 0 Å². The first-order valence-electron chi connectivity index (χ1n) is 3.64. The summed E-state index contributed by atoms with van der Waals surface area (Å²) in [5.41, 5.74) is 1.67. The minimum Gasteiger partial charge on any atom is -0.368 e. The monoisotopic (exact) mass is 159 g/mol. The molecule has 1 fully saturated rings. The highest BCUT2D eigenvalue weighted by molar-refractivity contribution is 5.85. The van der Waals surface area contributed by atoms with Gasteiger partial charge in [-0.25, -0.2) is 5.48 Å². The van der Waals surface area contributed by atoms with Crippen molar-refractivity contribution in [3.05, 3.63) is 0 Å². The number of methoxy groups -OCH3 is 1. The normalized spacial score (nSPS) is 20.5. The quantitative estimate of drug-likeness (QED) is 0.600. The fourth-order valence-electron chi connectivity index (χ4n) is 1.21. The number of rotatable bonds is 3. The van der Waals surface area contributed by atoms with E-state index < -0.39 is 5.60 Å². The minimum atomic E-state index is -0.601. The second-order valence-corrected chi connectivity index (χ2v) is 2.69. The molecule has 0 atom stereocenters. The van der Waals surface area contributed by atoms with Gasteiger partial charge in [0.1, 0.15) is 5.60 Å². The largest absolute Gasteiger partial charge is 0.368 e. The Labute approximate surface area is 65.8 Å². The summed E-state index contributed by atoms with van der Waals surface area (Å²) in [4.78, 5) is 15.7. The topological polar surface area (TPSA) is 47.6 Å². The van der Waals surface area contributed by atoms with Crippen molar-refractivity contribution in [3.8, 4) is 0 Å². The first-order chi connectivity index (χ1) is 5.25. The number of hydroxylamine groups is 1. The molecule has 4 nitrogen and oxygen atoms in total. The molecule has 0 aromatic carbocycles. The number of nitrogens with one attached hydrogen (secondary N) is 1. The van der Waals surface area contributed by atoms with E-state index in [1.54, 1.807) is 7.11 Å². The van der Waals surface area contributed by atoms with Crippen LogP contribution in [0.15, 0.2) is 0 Å². The van der Waals surface area contributed by atoms with Gasteiger partial charge in [0.05, 0.1) is 7.11 Å². The van der Waals surface area contributed by atoms with Gasteiger partial charge in [-0.05, 0) is 19.3 Å². The molecule has 4 heteroatoms. The second-order valence-electron chi connectivity index (χ2n) is 2.69. The van der Waals surface area contributed by atoms with E-state index in [4.69, 9.17) is 4.74 Å². The lowest BCUT2D eigenvalue weighted by atomic mass is 9.79. The van der Waals surface area contributed by atoms with Crippen molar-refractivity contribution in [2.24, 2.45) is 0 Å². The first-order valence-corrected chi connectivity index (χ1v) is 3.64. The Morgan fingerprint density at radius 1 is 1.45 bits per heavy atom.